The largest absolute Gasteiger partial charge is 0.392 e. The molecule has 2 aromatic carbocycles. The predicted octanol–water partition coefficient (Wildman–Crippen LogP) is 2.89. The van der Waals surface area contributed by atoms with Crippen LogP contribution in [-0.4, -0.2) is 70.0 Å². The maximum absolute atomic E-state index is 13.2. The van der Waals surface area contributed by atoms with E-state index in [0.29, 0.717) is 31.0 Å². The minimum Gasteiger partial charge on any atom is -0.392 e. The smallest absolute Gasteiger partial charge is 0.276 e. The minimum atomic E-state index is -0.583. The van der Waals surface area contributed by atoms with Gasteiger partial charge in [0, 0.05) is 31.0 Å². The molecule has 1 aliphatic heterocycles. The number of anilines is 2. The first kappa shape index (κ1) is 26.3. The van der Waals surface area contributed by atoms with Crippen LogP contribution in [0.3, 0.4) is 0 Å². The summed E-state index contributed by atoms with van der Waals surface area (Å²) in [6, 6.07) is 9.76. The fourth-order valence-electron chi connectivity index (χ4n) is 3.99. The SMILES string of the molecule is O=C(Nc1ccc(NC(=O)c2nc[nH]c2C(=O)NCCN2CCC[C@H](O)C2)cc1)c1ccc(F)cc1Cl. The Kier molecular flexibility index (Phi) is 8.49. The molecule has 0 unspecified atom stereocenters. The van der Waals surface area contributed by atoms with Gasteiger partial charge in [-0.2, -0.15) is 0 Å². The fraction of sp³-hybridized carbons (Fsp3) is 0.280. The molecular formula is C25H26ClFN6O4. The molecular weight excluding hydrogens is 503 g/mol. The summed E-state index contributed by atoms with van der Waals surface area (Å²) in [5.74, 6) is -2.10. The molecule has 1 saturated heterocycles. The highest BCUT2D eigenvalue weighted by Crippen LogP contribution is 2.20. The normalized spacial score (nSPS) is 15.7. The average molecular weight is 529 g/mol. The van der Waals surface area contributed by atoms with E-state index in [2.05, 4.69) is 30.8 Å². The molecule has 37 heavy (non-hydrogen) atoms. The Balaban J connectivity index is 1.31. The van der Waals surface area contributed by atoms with Gasteiger partial charge in [-0.1, -0.05) is 11.6 Å². The number of aliphatic hydroxyl groups excluding tert-OH is 1. The zero-order chi connectivity index (χ0) is 26.4. The van der Waals surface area contributed by atoms with Crippen LogP contribution >= 0.6 is 11.6 Å². The van der Waals surface area contributed by atoms with Gasteiger partial charge in [0.15, 0.2) is 5.69 Å². The lowest BCUT2D eigenvalue weighted by molar-refractivity contribution is 0.0702. The molecule has 10 nitrogen and oxygen atoms in total. The van der Waals surface area contributed by atoms with Crippen molar-refractivity contribution in [2.24, 2.45) is 0 Å². The third-order valence-electron chi connectivity index (χ3n) is 5.85. The van der Waals surface area contributed by atoms with Crippen molar-refractivity contribution in [3.8, 4) is 0 Å². The van der Waals surface area contributed by atoms with Crippen LogP contribution in [-0.2, 0) is 0 Å². The molecule has 1 aliphatic rings. The van der Waals surface area contributed by atoms with Gasteiger partial charge in [-0.3, -0.25) is 19.3 Å². The lowest BCUT2D eigenvalue weighted by Crippen LogP contribution is -2.42. The molecule has 0 bridgehead atoms. The summed E-state index contributed by atoms with van der Waals surface area (Å²) >= 11 is 5.93. The highest BCUT2D eigenvalue weighted by Gasteiger charge is 2.22. The zero-order valence-corrected chi connectivity index (χ0v) is 20.5. The van der Waals surface area contributed by atoms with Gasteiger partial charge in [0.2, 0.25) is 0 Å². The number of aliphatic hydroxyl groups is 1. The van der Waals surface area contributed by atoms with Gasteiger partial charge in [0.25, 0.3) is 17.7 Å². The molecule has 1 fully saturated rings. The number of nitrogens with zero attached hydrogens (tertiary/aromatic N) is 2. The zero-order valence-electron chi connectivity index (χ0n) is 19.8. The molecule has 194 valence electrons. The van der Waals surface area contributed by atoms with Crippen molar-refractivity contribution < 1.29 is 23.9 Å². The number of β-amino-alcohol motifs (C(OH)–C–C–N with tert-alkyl or cyclic N) is 1. The van der Waals surface area contributed by atoms with Gasteiger partial charge >= 0.3 is 0 Å². The standard InChI is InChI=1S/C25H26ClFN6O4/c26-20-12-15(27)3-8-19(20)23(35)31-16-4-6-17(7-5-16)32-25(37)22-21(29-14-30-22)24(36)28-9-11-33-10-1-2-18(34)13-33/h3-8,12,14,18,34H,1-2,9-11,13H2,(H,28,36)(H,29,30)(H,31,35)(H,32,37)/t18-/m0/s1. The first-order chi connectivity index (χ1) is 17.8. The number of hydrogen-bond acceptors (Lipinski definition) is 6. The van der Waals surface area contributed by atoms with Crippen molar-refractivity contribution in [2.75, 3.05) is 36.8 Å². The number of rotatable bonds is 8. The number of carbonyl (C=O) groups is 3. The second-order valence-corrected chi connectivity index (χ2v) is 9.00. The fourth-order valence-corrected chi connectivity index (χ4v) is 4.24. The molecule has 0 saturated carbocycles. The number of aromatic nitrogens is 2. The first-order valence-electron chi connectivity index (χ1n) is 11.7. The molecule has 0 aliphatic carbocycles. The van der Waals surface area contributed by atoms with E-state index in [1.165, 1.54) is 12.4 Å². The summed E-state index contributed by atoms with van der Waals surface area (Å²) in [4.78, 5) is 46.5. The summed E-state index contributed by atoms with van der Waals surface area (Å²) in [5.41, 5.74) is 0.953. The van der Waals surface area contributed by atoms with E-state index in [0.717, 1.165) is 31.5 Å². The second kappa shape index (κ2) is 12.0. The van der Waals surface area contributed by atoms with Crippen LogP contribution in [0, 0.1) is 5.82 Å². The number of carbonyl (C=O) groups excluding carboxylic acids is 3. The van der Waals surface area contributed by atoms with Crippen LogP contribution in [0.5, 0.6) is 0 Å². The monoisotopic (exact) mass is 528 g/mol. The van der Waals surface area contributed by atoms with E-state index >= 15 is 0 Å². The van der Waals surface area contributed by atoms with Crippen LogP contribution in [0.1, 0.15) is 44.2 Å². The number of nitrogens with one attached hydrogen (secondary N) is 4. The summed E-state index contributed by atoms with van der Waals surface area (Å²) < 4.78 is 13.2. The van der Waals surface area contributed by atoms with Gasteiger partial charge in [-0.25, -0.2) is 9.37 Å². The third-order valence-corrected chi connectivity index (χ3v) is 6.16. The van der Waals surface area contributed by atoms with Crippen LogP contribution < -0.4 is 16.0 Å². The van der Waals surface area contributed by atoms with Gasteiger partial charge in [0.05, 0.1) is 23.0 Å². The van der Waals surface area contributed by atoms with Crippen LogP contribution in [0.4, 0.5) is 15.8 Å². The van der Waals surface area contributed by atoms with Crippen molar-refractivity contribution in [1.82, 2.24) is 20.2 Å². The van der Waals surface area contributed by atoms with Gasteiger partial charge in [0.1, 0.15) is 11.5 Å². The van der Waals surface area contributed by atoms with E-state index in [4.69, 9.17) is 11.6 Å². The Morgan fingerprint density at radius 1 is 1.08 bits per heavy atom. The number of aromatic amines is 1. The molecule has 2 heterocycles. The van der Waals surface area contributed by atoms with Crippen molar-refractivity contribution in [2.45, 2.75) is 18.9 Å². The van der Waals surface area contributed by atoms with Crippen LogP contribution in [0.15, 0.2) is 48.8 Å². The number of H-pyrrole nitrogens is 1. The molecule has 3 aromatic rings. The van der Waals surface area contributed by atoms with Gasteiger partial charge in [-0.15, -0.1) is 0 Å². The molecule has 5 N–H and O–H groups in total. The first-order valence-corrected chi connectivity index (χ1v) is 12.1. The maximum Gasteiger partial charge on any atom is 0.276 e. The number of benzene rings is 2. The Morgan fingerprint density at radius 2 is 1.78 bits per heavy atom. The molecule has 1 aromatic heterocycles. The Bertz CT molecular complexity index is 1280. The van der Waals surface area contributed by atoms with E-state index < -0.39 is 23.5 Å². The lowest BCUT2D eigenvalue weighted by Gasteiger charge is -2.29. The highest BCUT2D eigenvalue weighted by molar-refractivity contribution is 6.34. The highest BCUT2D eigenvalue weighted by atomic mass is 35.5. The molecule has 1 atom stereocenters. The van der Waals surface area contributed by atoms with Gasteiger partial charge in [-0.05, 0) is 61.9 Å². The number of piperidine rings is 1. The van der Waals surface area contributed by atoms with Crippen molar-refractivity contribution in [1.29, 1.82) is 0 Å². The van der Waals surface area contributed by atoms with Crippen LogP contribution in [0.2, 0.25) is 5.02 Å². The summed E-state index contributed by atoms with van der Waals surface area (Å²) in [6.45, 7) is 2.40. The molecule has 3 amide bonds. The van der Waals surface area contributed by atoms with E-state index in [9.17, 15) is 23.9 Å². The number of likely N-dealkylation sites (tertiary alicyclic amines) is 1. The van der Waals surface area contributed by atoms with E-state index in [-0.39, 0.29) is 28.1 Å². The number of hydrogen-bond donors (Lipinski definition) is 5. The van der Waals surface area contributed by atoms with Crippen LogP contribution in [0.25, 0.3) is 0 Å². The number of halogens is 2. The van der Waals surface area contributed by atoms with Crippen molar-refractivity contribution >= 4 is 40.7 Å². The Hall–Kier alpha value is -3.80. The lowest BCUT2D eigenvalue weighted by atomic mass is 10.1. The number of imidazole rings is 1. The van der Waals surface area contributed by atoms with Crippen molar-refractivity contribution in [3.63, 3.8) is 0 Å². The maximum atomic E-state index is 13.2. The molecule has 0 spiro atoms. The average Bonchev–Trinajstić information content (AvgIpc) is 3.36. The third kappa shape index (κ3) is 6.91. The Labute approximate surface area is 217 Å². The minimum absolute atomic E-state index is 0.00878. The van der Waals surface area contributed by atoms with E-state index in [1.54, 1.807) is 24.3 Å². The quantitative estimate of drug-likeness (QED) is 0.304. The summed E-state index contributed by atoms with van der Waals surface area (Å²) in [6.07, 6.45) is 2.63. The summed E-state index contributed by atoms with van der Waals surface area (Å²) in [5, 5.41) is 17.8. The molecule has 4 rings (SSSR count). The molecule has 0 radical (unpaired) electrons. The number of amides is 3. The summed E-state index contributed by atoms with van der Waals surface area (Å²) in [7, 11) is 0. The predicted molar refractivity (Wildman–Crippen MR) is 136 cm³/mol. The van der Waals surface area contributed by atoms with Crippen molar-refractivity contribution in [3.05, 3.63) is 76.6 Å². The van der Waals surface area contributed by atoms with E-state index in [1.807, 2.05) is 0 Å². The molecule has 12 heteroatoms. The Morgan fingerprint density at radius 3 is 2.46 bits per heavy atom. The topological polar surface area (TPSA) is 139 Å². The second-order valence-electron chi connectivity index (χ2n) is 8.59. The van der Waals surface area contributed by atoms with Gasteiger partial charge < -0.3 is 26.0 Å².